The van der Waals surface area contributed by atoms with Crippen LogP contribution in [-0.2, 0) is 26.2 Å². The zero-order valence-corrected chi connectivity index (χ0v) is 17.2. The van der Waals surface area contributed by atoms with Gasteiger partial charge in [0, 0.05) is 16.2 Å². The van der Waals surface area contributed by atoms with E-state index >= 15 is 0 Å². The van der Waals surface area contributed by atoms with Gasteiger partial charge in [0.1, 0.15) is 0 Å². The Morgan fingerprint density at radius 3 is 2.11 bits per heavy atom. The fourth-order valence-electron chi connectivity index (χ4n) is 2.32. The molecule has 1 aliphatic carbocycles. The Hall–Kier alpha value is -1.63. The van der Waals surface area contributed by atoms with Crippen molar-refractivity contribution in [2.45, 2.75) is 34.9 Å². The maximum Gasteiger partial charge on any atom is 0.417 e. The Kier molecular flexibility index (Phi) is 5.51. The maximum atomic E-state index is 13.0. The van der Waals surface area contributed by atoms with Gasteiger partial charge in [-0.15, -0.1) is 0 Å². The van der Waals surface area contributed by atoms with E-state index in [0.717, 1.165) is 24.3 Å². The number of hydrogen-bond acceptors (Lipinski definition) is 4. The second kappa shape index (κ2) is 7.32. The smallest absolute Gasteiger partial charge is 0.280 e. The minimum Gasteiger partial charge on any atom is -0.280 e. The Morgan fingerprint density at radius 2 is 1.54 bits per heavy atom. The fourth-order valence-corrected chi connectivity index (χ4v) is 5.31. The number of sulfonamides is 2. The summed E-state index contributed by atoms with van der Waals surface area (Å²) in [6, 6.07) is 7.32. The highest BCUT2D eigenvalue weighted by Gasteiger charge is 2.33. The molecule has 12 heteroatoms. The van der Waals surface area contributed by atoms with Crippen LogP contribution in [0.1, 0.15) is 18.4 Å². The highest BCUT2D eigenvalue weighted by atomic mass is 79.9. The largest absolute Gasteiger partial charge is 0.417 e. The third kappa shape index (κ3) is 4.85. The third-order valence-electron chi connectivity index (χ3n) is 3.85. The van der Waals surface area contributed by atoms with Crippen LogP contribution in [0.4, 0.5) is 18.9 Å². The lowest BCUT2D eigenvalue weighted by Gasteiger charge is -2.13. The van der Waals surface area contributed by atoms with Gasteiger partial charge in [0.15, 0.2) is 0 Å². The fraction of sp³-hybridized carbons (Fsp3) is 0.250. The molecule has 1 aliphatic rings. The van der Waals surface area contributed by atoms with Gasteiger partial charge in [0.25, 0.3) is 10.0 Å². The highest BCUT2D eigenvalue weighted by molar-refractivity contribution is 9.10. The van der Waals surface area contributed by atoms with Gasteiger partial charge >= 0.3 is 6.18 Å². The highest BCUT2D eigenvalue weighted by Crippen LogP contribution is 2.36. The molecule has 6 nitrogen and oxygen atoms in total. The summed E-state index contributed by atoms with van der Waals surface area (Å²) in [5, 5.41) is 0. The van der Waals surface area contributed by atoms with Gasteiger partial charge in [-0.25, -0.2) is 21.6 Å². The Bertz CT molecular complexity index is 1110. The Labute approximate surface area is 168 Å². The van der Waals surface area contributed by atoms with E-state index < -0.39 is 31.8 Å². The Morgan fingerprint density at radius 1 is 0.929 bits per heavy atom. The molecule has 0 aliphatic heterocycles. The van der Waals surface area contributed by atoms with Crippen molar-refractivity contribution >= 4 is 41.7 Å². The molecule has 0 radical (unpaired) electrons. The van der Waals surface area contributed by atoms with Gasteiger partial charge in [0.05, 0.1) is 15.4 Å². The van der Waals surface area contributed by atoms with Crippen molar-refractivity contribution < 1.29 is 30.0 Å². The number of hydrogen-bond donors (Lipinski definition) is 2. The van der Waals surface area contributed by atoms with Crippen molar-refractivity contribution in [3.8, 4) is 0 Å². The van der Waals surface area contributed by atoms with E-state index in [1.807, 2.05) is 4.72 Å². The van der Waals surface area contributed by atoms with Gasteiger partial charge in [-0.3, -0.25) is 4.72 Å². The molecule has 0 atom stereocenters. The van der Waals surface area contributed by atoms with Crippen LogP contribution in [0, 0.1) is 0 Å². The summed E-state index contributed by atoms with van der Waals surface area (Å²) >= 11 is 2.78. The zero-order valence-electron chi connectivity index (χ0n) is 14.0. The van der Waals surface area contributed by atoms with Crippen LogP contribution in [-0.4, -0.2) is 22.9 Å². The molecule has 2 N–H and O–H groups in total. The number of benzene rings is 2. The van der Waals surface area contributed by atoms with Crippen LogP contribution >= 0.6 is 15.9 Å². The van der Waals surface area contributed by atoms with E-state index in [0.29, 0.717) is 18.9 Å². The van der Waals surface area contributed by atoms with Crippen molar-refractivity contribution in [3.05, 3.63) is 52.5 Å². The molecule has 28 heavy (non-hydrogen) atoms. The molecule has 1 fully saturated rings. The monoisotopic (exact) mass is 498 g/mol. The normalized spacial score (nSPS) is 15.4. The van der Waals surface area contributed by atoms with Gasteiger partial charge in [-0.1, -0.05) is 22.0 Å². The van der Waals surface area contributed by atoms with Gasteiger partial charge in [-0.05, 0) is 49.2 Å². The first-order chi connectivity index (χ1) is 12.9. The van der Waals surface area contributed by atoms with Crippen LogP contribution in [0.15, 0.2) is 56.7 Å². The van der Waals surface area contributed by atoms with Crippen LogP contribution in [0.25, 0.3) is 0 Å². The summed E-state index contributed by atoms with van der Waals surface area (Å²) in [5.41, 5.74) is -1.35. The third-order valence-corrected chi connectivity index (χ3v) is 7.44. The molecule has 0 spiro atoms. The van der Waals surface area contributed by atoms with Gasteiger partial charge in [0.2, 0.25) is 10.0 Å². The molecular weight excluding hydrogens is 485 g/mol. The number of nitrogens with one attached hydrogen (secondary N) is 2. The summed E-state index contributed by atoms with van der Waals surface area (Å²) in [6.45, 7) is 0. The molecule has 2 aromatic rings. The molecule has 0 unspecified atom stereocenters. The van der Waals surface area contributed by atoms with E-state index in [9.17, 15) is 30.0 Å². The first kappa shape index (κ1) is 21.1. The number of anilines is 1. The van der Waals surface area contributed by atoms with Crippen LogP contribution in [0.2, 0.25) is 0 Å². The molecule has 3 rings (SSSR count). The van der Waals surface area contributed by atoms with Crippen molar-refractivity contribution in [1.29, 1.82) is 0 Å². The average Bonchev–Trinajstić information content (AvgIpc) is 3.39. The summed E-state index contributed by atoms with van der Waals surface area (Å²) in [4.78, 5) is -0.628. The molecule has 2 aromatic carbocycles. The first-order valence-corrected chi connectivity index (χ1v) is 11.7. The second-order valence-corrected chi connectivity index (χ2v) is 10.4. The summed E-state index contributed by atoms with van der Waals surface area (Å²) in [6.07, 6.45) is -3.25. The predicted octanol–water partition coefficient (Wildman–Crippen LogP) is 3.71. The van der Waals surface area contributed by atoms with E-state index in [2.05, 4.69) is 20.7 Å². The molecule has 0 heterocycles. The van der Waals surface area contributed by atoms with E-state index in [1.54, 1.807) is 0 Å². The van der Waals surface area contributed by atoms with Crippen molar-refractivity contribution in [2.75, 3.05) is 4.72 Å². The number of halogens is 4. The van der Waals surface area contributed by atoms with Gasteiger partial charge in [-0.2, -0.15) is 13.2 Å². The van der Waals surface area contributed by atoms with Crippen molar-refractivity contribution in [3.63, 3.8) is 0 Å². The van der Waals surface area contributed by atoms with Crippen LogP contribution < -0.4 is 9.44 Å². The van der Waals surface area contributed by atoms with E-state index in [4.69, 9.17) is 0 Å². The molecule has 0 bridgehead atoms. The van der Waals surface area contributed by atoms with Crippen LogP contribution in [0.5, 0.6) is 0 Å². The number of rotatable bonds is 6. The summed E-state index contributed by atoms with van der Waals surface area (Å²) in [7, 11) is -8.19. The van der Waals surface area contributed by atoms with Crippen molar-refractivity contribution in [2.24, 2.45) is 0 Å². The Balaban J connectivity index is 1.91. The molecule has 0 saturated heterocycles. The first-order valence-electron chi connectivity index (χ1n) is 7.90. The molecular formula is C16H14BrF3N2O4S2. The SMILES string of the molecule is O=S(=O)(Nc1ccc(Br)c(C(F)(F)F)c1)c1cccc(S(=O)(=O)NC2CC2)c1. The van der Waals surface area contributed by atoms with E-state index in [-0.39, 0.29) is 26.0 Å². The predicted molar refractivity (Wildman–Crippen MR) is 99.7 cm³/mol. The average molecular weight is 499 g/mol. The minimum atomic E-state index is -4.68. The summed E-state index contributed by atoms with van der Waals surface area (Å²) in [5.74, 6) is 0. The topological polar surface area (TPSA) is 92.3 Å². The maximum absolute atomic E-state index is 13.0. The zero-order chi connectivity index (χ0) is 20.7. The standard InChI is InChI=1S/C16H14BrF3N2O4S2/c17-15-7-6-11(8-14(15)16(18,19)20)22-28(25,26)13-3-1-2-12(9-13)27(23,24)21-10-4-5-10/h1-3,6-10,21-22H,4-5H2. The molecule has 1 saturated carbocycles. The lowest BCUT2D eigenvalue weighted by Crippen LogP contribution is -2.26. The lowest BCUT2D eigenvalue weighted by atomic mass is 10.2. The second-order valence-electron chi connectivity index (χ2n) is 6.17. The number of alkyl halides is 3. The van der Waals surface area contributed by atoms with Crippen molar-refractivity contribution in [1.82, 2.24) is 4.72 Å². The minimum absolute atomic E-state index is 0.160. The van der Waals surface area contributed by atoms with E-state index in [1.165, 1.54) is 12.1 Å². The summed E-state index contributed by atoms with van der Waals surface area (Å²) < 4.78 is 92.8. The van der Waals surface area contributed by atoms with Crippen LogP contribution in [0.3, 0.4) is 0 Å². The lowest BCUT2D eigenvalue weighted by molar-refractivity contribution is -0.138. The quantitative estimate of drug-likeness (QED) is 0.634. The molecule has 152 valence electrons. The molecule has 0 aromatic heterocycles. The molecule has 0 amide bonds. The van der Waals surface area contributed by atoms with Gasteiger partial charge < -0.3 is 0 Å².